The zero-order valence-corrected chi connectivity index (χ0v) is 12.5. The monoisotopic (exact) mass is 332 g/mol. The molecule has 4 rings (SSSR count). The van der Waals surface area contributed by atoms with E-state index >= 15 is 0 Å². The fourth-order valence-electron chi connectivity index (χ4n) is 2.42. The second-order valence-corrected chi connectivity index (χ2v) is 5.71. The number of anilines is 2. The Bertz CT molecular complexity index is 869. The number of thiazole rings is 1. The molecule has 7 heteroatoms. The fraction of sp³-hybridized carbons (Fsp3) is 0.0625. The highest BCUT2D eigenvalue weighted by Crippen LogP contribution is 2.46. The van der Waals surface area contributed by atoms with Crippen molar-refractivity contribution in [1.82, 2.24) is 4.98 Å². The summed E-state index contributed by atoms with van der Waals surface area (Å²) in [5.41, 5.74) is 1.77. The van der Waals surface area contributed by atoms with Crippen LogP contribution in [-0.4, -0.2) is 11.8 Å². The molecular formula is C16H10F2N2O2S. The molecule has 1 aromatic heterocycles. The summed E-state index contributed by atoms with van der Waals surface area (Å²) in [5, 5.41) is 5.70. The highest BCUT2D eigenvalue weighted by atomic mass is 32.1. The smallest absolute Gasteiger partial charge is 0.231 e. The van der Waals surface area contributed by atoms with E-state index in [9.17, 15) is 8.78 Å². The van der Waals surface area contributed by atoms with Gasteiger partial charge in [0.25, 0.3) is 0 Å². The van der Waals surface area contributed by atoms with Crippen LogP contribution in [0.15, 0.2) is 41.9 Å². The summed E-state index contributed by atoms with van der Waals surface area (Å²) in [5.74, 6) is -0.751. The van der Waals surface area contributed by atoms with Crippen LogP contribution in [0.25, 0.3) is 11.1 Å². The van der Waals surface area contributed by atoms with Crippen LogP contribution in [0.5, 0.6) is 11.5 Å². The van der Waals surface area contributed by atoms with Crippen LogP contribution in [-0.2, 0) is 0 Å². The highest BCUT2D eigenvalue weighted by Gasteiger charge is 2.23. The molecule has 0 radical (unpaired) electrons. The van der Waals surface area contributed by atoms with Crippen molar-refractivity contribution in [1.29, 1.82) is 0 Å². The van der Waals surface area contributed by atoms with Gasteiger partial charge in [-0.3, -0.25) is 0 Å². The van der Waals surface area contributed by atoms with Crippen molar-refractivity contribution in [3.8, 4) is 22.6 Å². The Morgan fingerprint density at radius 3 is 2.78 bits per heavy atom. The van der Waals surface area contributed by atoms with E-state index in [0.29, 0.717) is 33.4 Å². The number of hydrogen-bond acceptors (Lipinski definition) is 5. The molecule has 0 atom stereocenters. The van der Waals surface area contributed by atoms with Gasteiger partial charge in [-0.1, -0.05) is 6.07 Å². The van der Waals surface area contributed by atoms with Gasteiger partial charge >= 0.3 is 0 Å². The molecule has 1 N–H and O–H groups in total. The van der Waals surface area contributed by atoms with Gasteiger partial charge in [0.05, 0.1) is 11.3 Å². The highest BCUT2D eigenvalue weighted by molar-refractivity contribution is 7.13. The SMILES string of the molecule is Fc1ccc(-c2c(Nc3nccs3)ccc3c2OCO3)cc1F. The van der Waals surface area contributed by atoms with Crippen LogP contribution in [0, 0.1) is 11.6 Å². The fourth-order valence-corrected chi connectivity index (χ4v) is 2.96. The number of nitrogens with zero attached hydrogens (tertiary/aromatic N) is 1. The third-order valence-corrected chi connectivity index (χ3v) is 4.11. The zero-order chi connectivity index (χ0) is 15.8. The van der Waals surface area contributed by atoms with Gasteiger partial charge in [0.2, 0.25) is 6.79 Å². The first-order valence-electron chi connectivity index (χ1n) is 6.77. The number of benzene rings is 2. The summed E-state index contributed by atoms with van der Waals surface area (Å²) in [4.78, 5) is 4.17. The second kappa shape index (κ2) is 5.51. The lowest BCUT2D eigenvalue weighted by atomic mass is 10.0. The topological polar surface area (TPSA) is 43.4 Å². The van der Waals surface area contributed by atoms with Gasteiger partial charge < -0.3 is 14.8 Å². The number of nitrogens with one attached hydrogen (secondary N) is 1. The molecule has 0 unspecified atom stereocenters. The quantitative estimate of drug-likeness (QED) is 0.763. The van der Waals surface area contributed by atoms with E-state index in [2.05, 4.69) is 10.3 Å². The van der Waals surface area contributed by atoms with E-state index in [-0.39, 0.29) is 6.79 Å². The minimum atomic E-state index is -0.917. The van der Waals surface area contributed by atoms with Gasteiger partial charge in [-0.25, -0.2) is 13.8 Å². The number of rotatable bonds is 3. The second-order valence-electron chi connectivity index (χ2n) is 4.81. The lowest BCUT2D eigenvalue weighted by Crippen LogP contribution is -1.96. The van der Waals surface area contributed by atoms with E-state index in [1.54, 1.807) is 18.3 Å². The van der Waals surface area contributed by atoms with Crippen molar-refractivity contribution in [2.45, 2.75) is 0 Å². The first-order chi connectivity index (χ1) is 11.2. The Hall–Kier alpha value is -2.67. The average Bonchev–Trinajstić information content (AvgIpc) is 3.21. The van der Waals surface area contributed by atoms with Crippen molar-refractivity contribution in [3.63, 3.8) is 0 Å². The van der Waals surface area contributed by atoms with Gasteiger partial charge in [-0.2, -0.15) is 0 Å². The molecule has 0 aliphatic carbocycles. The summed E-state index contributed by atoms with van der Waals surface area (Å²) >= 11 is 1.43. The molecule has 0 bridgehead atoms. The summed E-state index contributed by atoms with van der Waals surface area (Å²) in [6.07, 6.45) is 1.68. The summed E-state index contributed by atoms with van der Waals surface area (Å²) in [6, 6.07) is 7.29. The van der Waals surface area contributed by atoms with Crippen LogP contribution in [0.1, 0.15) is 0 Å². The van der Waals surface area contributed by atoms with Gasteiger partial charge in [0.1, 0.15) is 0 Å². The standard InChI is InChI=1S/C16H10F2N2O2S/c17-10-2-1-9(7-11(10)18)14-12(20-16-19-5-6-23-16)3-4-13-15(14)22-8-21-13/h1-7H,8H2,(H,19,20). The summed E-state index contributed by atoms with van der Waals surface area (Å²) < 4.78 is 37.8. The predicted molar refractivity (Wildman–Crippen MR) is 83.3 cm³/mol. The van der Waals surface area contributed by atoms with Crippen LogP contribution < -0.4 is 14.8 Å². The third-order valence-electron chi connectivity index (χ3n) is 3.42. The molecule has 23 heavy (non-hydrogen) atoms. The minimum absolute atomic E-state index is 0.0900. The maximum absolute atomic E-state index is 13.6. The predicted octanol–water partition coefficient (Wildman–Crippen LogP) is 4.56. The van der Waals surface area contributed by atoms with Gasteiger partial charge in [0.15, 0.2) is 28.3 Å². The van der Waals surface area contributed by atoms with Crippen LogP contribution in [0.3, 0.4) is 0 Å². The molecule has 3 aromatic rings. The Morgan fingerprint density at radius 2 is 2.00 bits per heavy atom. The van der Waals surface area contributed by atoms with Crippen molar-refractivity contribution >= 4 is 22.2 Å². The molecule has 0 amide bonds. The molecule has 1 aliphatic rings. The molecule has 0 fully saturated rings. The van der Waals surface area contributed by atoms with Crippen LogP contribution in [0.2, 0.25) is 0 Å². The van der Waals surface area contributed by atoms with Crippen molar-refractivity contribution in [2.75, 3.05) is 12.1 Å². The maximum Gasteiger partial charge on any atom is 0.231 e. The van der Waals surface area contributed by atoms with E-state index < -0.39 is 11.6 Å². The van der Waals surface area contributed by atoms with Gasteiger partial charge in [-0.15, -0.1) is 11.3 Å². The lowest BCUT2D eigenvalue weighted by Gasteiger charge is -2.13. The summed E-state index contributed by atoms with van der Waals surface area (Å²) in [6.45, 7) is 0.0900. The number of halogens is 2. The van der Waals surface area contributed by atoms with Crippen molar-refractivity contribution < 1.29 is 18.3 Å². The normalized spacial score (nSPS) is 12.4. The first-order valence-corrected chi connectivity index (χ1v) is 7.65. The molecule has 2 heterocycles. The Labute approximate surface area is 134 Å². The van der Waals surface area contributed by atoms with Gasteiger partial charge in [-0.05, 0) is 29.8 Å². The van der Waals surface area contributed by atoms with Crippen LogP contribution >= 0.6 is 11.3 Å². The number of aromatic nitrogens is 1. The van der Waals surface area contributed by atoms with Crippen molar-refractivity contribution in [2.24, 2.45) is 0 Å². The zero-order valence-electron chi connectivity index (χ0n) is 11.7. The van der Waals surface area contributed by atoms with Crippen LogP contribution in [0.4, 0.5) is 19.6 Å². The molecule has 1 aliphatic heterocycles. The molecule has 0 spiro atoms. The van der Waals surface area contributed by atoms with E-state index in [0.717, 1.165) is 12.1 Å². The van der Waals surface area contributed by atoms with Gasteiger partial charge in [0, 0.05) is 11.6 Å². The molecule has 4 nitrogen and oxygen atoms in total. The van der Waals surface area contributed by atoms with E-state index in [1.165, 1.54) is 17.4 Å². The van der Waals surface area contributed by atoms with Crippen molar-refractivity contribution in [3.05, 3.63) is 53.5 Å². The Kier molecular flexibility index (Phi) is 3.34. The first kappa shape index (κ1) is 14.0. The average molecular weight is 332 g/mol. The largest absolute Gasteiger partial charge is 0.454 e. The molecule has 0 saturated heterocycles. The molecule has 0 saturated carbocycles. The molecular weight excluding hydrogens is 322 g/mol. The number of fused-ring (bicyclic) bond motifs is 1. The summed E-state index contributed by atoms with van der Waals surface area (Å²) in [7, 11) is 0. The third kappa shape index (κ3) is 2.49. The Morgan fingerprint density at radius 1 is 1.09 bits per heavy atom. The lowest BCUT2D eigenvalue weighted by molar-refractivity contribution is 0.174. The number of hydrogen-bond donors (Lipinski definition) is 1. The maximum atomic E-state index is 13.6. The van der Waals surface area contributed by atoms with E-state index in [4.69, 9.17) is 9.47 Å². The molecule has 2 aromatic carbocycles. The van der Waals surface area contributed by atoms with E-state index in [1.807, 2.05) is 5.38 Å². The number of ether oxygens (including phenoxy) is 2. The molecule has 116 valence electrons. The Balaban J connectivity index is 1.88. The minimum Gasteiger partial charge on any atom is -0.454 e.